The van der Waals surface area contributed by atoms with Crippen LogP contribution in [0.2, 0.25) is 0 Å². The summed E-state index contributed by atoms with van der Waals surface area (Å²) in [5.74, 6) is -0.709. The normalized spacial score (nSPS) is 20.8. The maximum absolute atomic E-state index is 12.3. The molecule has 4 nitrogen and oxygen atoms in total. The lowest BCUT2D eigenvalue weighted by atomic mass is 9.81. The van der Waals surface area contributed by atoms with E-state index in [1.54, 1.807) is 0 Å². The Morgan fingerprint density at radius 3 is 2.28 bits per heavy atom. The molecule has 1 atom stereocenters. The van der Waals surface area contributed by atoms with Gasteiger partial charge in [0.1, 0.15) is 0 Å². The minimum Gasteiger partial charge on any atom is -0.481 e. The van der Waals surface area contributed by atoms with Crippen LogP contribution in [-0.2, 0) is 9.59 Å². The number of hydrogen-bond donors (Lipinski definition) is 2. The van der Waals surface area contributed by atoms with E-state index in [4.69, 9.17) is 5.11 Å². The van der Waals surface area contributed by atoms with Crippen molar-refractivity contribution in [1.82, 2.24) is 5.32 Å². The highest BCUT2D eigenvalue weighted by Gasteiger charge is 2.33. The van der Waals surface area contributed by atoms with Gasteiger partial charge in [-0.1, -0.05) is 32.6 Å². The Balaban J connectivity index is 2.44. The first-order valence-electron chi connectivity index (χ1n) is 6.97. The van der Waals surface area contributed by atoms with E-state index >= 15 is 0 Å². The zero-order valence-corrected chi connectivity index (χ0v) is 11.5. The van der Waals surface area contributed by atoms with E-state index in [1.807, 2.05) is 13.8 Å². The Bertz CT molecular complexity index is 293. The fraction of sp³-hybridized carbons (Fsp3) is 0.857. The number of aliphatic carboxylic acids is 1. The van der Waals surface area contributed by atoms with Crippen LogP contribution in [-0.4, -0.2) is 23.0 Å². The van der Waals surface area contributed by atoms with Crippen LogP contribution in [0, 0.1) is 5.41 Å². The topological polar surface area (TPSA) is 66.4 Å². The van der Waals surface area contributed by atoms with Crippen LogP contribution in [0.1, 0.15) is 65.2 Å². The van der Waals surface area contributed by atoms with E-state index in [-0.39, 0.29) is 23.8 Å². The molecule has 0 spiro atoms. The molecule has 104 valence electrons. The first kappa shape index (κ1) is 15.0. The zero-order valence-electron chi connectivity index (χ0n) is 11.5. The Hall–Kier alpha value is -1.06. The fourth-order valence-corrected chi connectivity index (χ4v) is 2.55. The van der Waals surface area contributed by atoms with Gasteiger partial charge in [-0.3, -0.25) is 9.59 Å². The van der Waals surface area contributed by atoms with Gasteiger partial charge in [0, 0.05) is 17.9 Å². The number of carbonyl (C=O) groups is 2. The molecule has 1 aliphatic carbocycles. The van der Waals surface area contributed by atoms with Gasteiger partial charge in [-0.25, -0.2) is 0 Å². The summed E-state index contributed by atoms with van der Waals surface area (Å²) in [5, 5.41) is 11.6. The van der Waals surface area contributed by atoms with Crippen LogP contribution < -0.4 is 5.32 Å². The van der Waals surface area contributed by atoms with Crippen molar-refractivity contribution in [3.8, 4) is 0 Å². The molecule has 2 N–H and O–H groups in total. The number of carboxylic acids is 1. The summed E-state index contributed by atoms with van der Waals surface area (Å²) < 4.78 is 0. The lowest BCUT2D eigenvalue weighted by Gasteiger charge is -2.28. The summed E-state index contributed by atoms with van der Waals surface area (Å²) in [6.45, 7) is 3.92. The summed E-state index contributed by atoms with van der Waals surface area (Å²) in [6, 6.07) is -0.0614. The van der Waals surface area contributed by atoms with Crippen molar-refractivity contribution in [2.24, 2.45) is 5.41 Å². The summed E-state index contributed by atoms with van der Waals surface area (Å²) >= 11 is 0. The smallest absolute Gasteiger partial charge is 0.303 e. The monoisotopic (exact) mass is 255 g/mol. The highest BCUT2D eigenvalue weighted by Crippen LogP contribution is 2.34. The number of carbonyl (C=O) groups excluding carboxylic acids is 1. The van der Waals surface area contributed by atoms with Gasteiger partial charge in [0.15, 0.2) is 0 Å². The average Bonchev–Trinajstić information content (AvgIpc) is 2.52. The van der Waals surface area contributed by atoms with Gasteiger partial charge in [-0.2, -0.15) is 0 Å². The third kappa shape index (κ3) is 4.67. The molecule has 4 heteroatoms. The molecule has 0 radical (unpaired) electrons. The van der Waals surface area contributed by atoms with Crippen molar-refractivity contribution in [1.29, 1.82) is 0 Å². The van der Waals surface area contributed by atoms with Gasteiger partial charge >= 0.3 is 5.97 Å². The third-order valence-electron chi connectivity index (χ3n) is 3.92. The molecule has 0 aliphatic heterocycles. The van der Waals surface area contributed by atoms with Gasteiger partial charge < -0.3 is 10.4 Å². The number of rotatable bonds is 5. The second-order valence-corrected chi connectivity index (χ2v) is 5.78. The summed E-state index contributed by atoms with van der Waals surface area (Å²) in [7, 11) is 0. The lowest BCUT2D eigenvalue weighted by Crippen LogP contribution is -2.43. The highest BCUT2D eigenvalue weighted by molar-refractivity contribution is 5.82. The second kappa shape index (κ2) is 6.76. The van der Waals surface area contributed by atoms with Crippen LogP contribution in [0.5, 0.6) is 0 Å². The van der Waals surface area contributed by atoms with Gasteiger partial charge in [0.25, 0.3) is 0 Å². The van der Waals surface area contributed by atoms with E-state index in [0.29, 0.717) is 6.42 Å². The Labute approximate surface area is 109 Å². The SMILES string of the molecule is CC(CCC(=O)O)NC(=O)C1(C)CCCCCC1. The maximum atomic E-state index is 12.3. The molecule has 1 unspecified atom stereocenters. The molecule has 1 fully saturated rings. The maximum Gasteiger partial charge on any atom is 0.303 e. The molecule has 0 aromatic rings. The van der Waals surface area contributed by atoms with E-state index < -0.39 is 5.97 Å². The van der Waals surface area contributed by atoms with E-state index in [2.05, 4.69) is 5.32 Å². The minimum absolute atomic E-state index is 0.0614. The number of nitrogens with one attached hydrogen (secondary N) is 1. The van der Waals surface area contributed by atoms with Crippen LogP contribution in [0.3, 0.4) is 0 Å². The molecular formula is C14H25NO3. The van der Waals surface area contributed by atoms with Crippen molar-refractivity contribution in [2.75, 3.05) is 0 Å². The van der Waals surface area contributed by atoms with E-state index in [1.165, 1.54) is 12.8 Å². The van der Waals surface area contributed by atoms with Gasteiger partial charge in [-0.05, 0) is 26.2 Å². The van der Waals surface area contributed by atoms with Crippen molar-refractivity contribution in [3.63, 3.8) is 0 Å². The van der Waals surface area contributed by atoms with Crippen LogP contribution in [0.4, 0.5) is 0 Å². The van der Waals surface area contributed by atoms with E-state index in [9.17, 15) is 9.59 Å². The quantitative estimate of drug-likeness (QED) is 0.742. The van der Waals surface area contributed by atoms with Crippen molar-refractivity contribution in [3.05, 3.63) is 0 Å². The molecule has 1 aliphatic rings. The second-order valence-electron chi connectivity index (χ2n) is 5.78. The number of carboxylic acid groups (broad SMARTS) is 1. The van der Waals surface area contributed by atoms with Crippen molar-refractivity contribution >= 4 is 11.9 Å². The number of amides is 1. The highest BCUT2D eigenvalue weighted by atomic mass is 16.4. The third-order valence-corrected chi connectivity index (χ3v) is 3.92. The first-order valence-corrected chi connectivity index (χ1v) is 6.97. The largest absolute Gasteiger partial charge is 0.481 e. The average molecular weight is 255 g/mol. The van der Waals surface area contributed by atoms with Crippen molar-refractivity contribution in [2.45, 2.75) is 71.3 Å². The summed E-state index contributed by atoms with van der Waals surface area (Å²) in [5.41, 5.74) is -0.256. The van der Waals surface area contributed by atoms with Crippen molar-refractivity contribution < 1.29 is 14.7 Å². The molecule has 0 bridgehead atoms. The van der Waals surface area contributed by atoms with Gasteiger partial charge in [0.05, 0.1) is 0 Å². The lowest BCUT2D eigenvalue weighted by molar-refractivity contribution is -0.138. The molecule has 1 amide bonds. The van der Waals surface area contributed by atoms with Crippen LogP contribution in [0.15, 0.2) is 0 Å². The number of hydrogen-bond acceptors (Lipinski definition) is 2. The molecule has 0 aromatic heterocycles. The first-order chi connectivity index (χ1) is 8.44. The van der Waals surface area contributed by atoms with Crippen LogP contribution in [0.25, 0.3) is 0 Å². The minimum atomic E-state index is -0.809. The Morgan fingerprint density at radius 2 is 1.78 bits per heavy atom. The standard InChI is InChI=1S/C14H25NO3/c1-11(7-8-12(16)17)15-13(18)14(2)9-5-3-4-6-10-14/h11H,3-10H2,1-2H3,(H,15,18)(H,16,17). The predicted molar refractivity (Wildman–Crippen MR) is 70.3 cm³/mol. The van der Waals surface area contributed by atoms with Gasteiger partial charge in [-0.15, -0.1) is 0 Å². The Morgan fingerprint density at radius 1 is 1.22 bits per heavy atom. The molecule has 0 saturated heterocycles. The Kier molecular flexibility index (Phi) is 5.63. The fourth-order valence-electron chi connectivity index (χ4n) is 2.55. The van der Waals surface area contributed by atoms with E-state index in [0.717, 1.165) is 25.7 Å². The predicted octanol–water partition coefficient (Wildman–Crippen LogP) is 2.72. The molecule has 1 saturated carbocycles. The van der Waals surface area contributed by atoms with Gasteiger partial charge in [0.2, 0.25) is 5.91 Å². The van der Waals surface area contributed by atoms with Crippen LogP contribution >= 0.6 is 0 Å². The molecular weight excluding hydrogens is 230 g/mol. The molecule has 1 rings (SSSR count). The summed E-state index contributed by atoms with van der Waals surface area (Å²) in [6.07, 6.45) is 7.18. The molecule has 18 heavy (non-hydrogen) atoms. The molecule has 0 aromatic carbocycles. The zero-order chi connectivity index (χ0) is 13.6. The molecule has 0 heterocycles. The summed E-state index contributed by atoms with van der Waals surface area (Å²) in [4.78, 5) is 22.8.